The molecule has 0 radical (unpaired) electrons. The molecule has 1 N–H and O–H groups in total. The normalized spacial score (nSPS) is 10.2. The monoisotopic (exact) mass is 295 g/mol. The van der Waals surface area contributed by atoms with E-state index in [1.54, 1.807) is 24.4 Å². The molecule has 0 fully saturated rings. The fraction of sp³-hybridized carbons (Fsp3) is 0.0833. The van der Waals surface area contributed by atoms with Gasteiger partial charge in [-0.15, -0.1) is 0 Å². The third kappa shape index (κ3) is 2.19. The van der Waals surface area contributed by atoms with Gasteiger partial charge in [0, 0.05) is 12.3 Å². The Morgan fingerprint density at radius 3 is 2.71 bits per heavy atom. The van der Waals surface area contributed by atoms with Gasteiger partial charge in [0.25, 0.3) is 5.91 Å². The first-order valence-corrected chi connectivity index (χ1v) is 5.67. The number of ether oxygens (including phenoxy) is 1. The molecule has 1 heterocycles. The smallest absolute Gasteiger partial charge is 0.266 e. The fourth-order valence-corrected chi connectivity index (χ4v) is 1.91. The number of hydrogen-bond donors (Lipinski definition) is 1. The number of phenols is 1. The lowest BCUT2D eigenvalue weighted by molar-refractivity contribution is 0.0955. The van der Waals surface area contributed by atoms with Crippen molar-refractivity contribution in [2.24, 2.45) is 0 Å². The number of nitrogens with zero attached hydrogens (tertiary/aromatic N) is 1. The Kier molecular flexibility index (Phi) is 3.19. The lowest BCUT2D eigenvalue weighted by Gasteiger charge is -2.07. The first-order chi connectivity index (χ1) is 8.13. The van der Waals surface area contributed by atoms with E-state index in [0.29, 0.717) is 10.4 Å². The van der Waals surface area contributed by atoms with E-state index in [2.05, 4.69) is 15.9 Å². The first-order valence-electron chi connectivity index (χ1n) is 4.88. The molecule has 1 aromatic carbocycles. The second kappa shape index (κ2) is 4.63. The maximum absolute atomic E-state index is 12.1. The Morgan fingerprint density at radius 1 is 1.41 bits per heavy atom. The Balaban J connectivity index is 2.41. The van der Waals surface area contributed by atoms with Crippen molar-refractivity contribution in [2.45, 2.75) is 0 Å². The molecular formula is C12H10BrNO3. The van der Waals surface area contributed by atoms with Gasteiger partial charge in [-0.3, -0.25) is 9.36 Å². The second-order valence-corrected chi connectivity index (χ2v) is 4.20. The number of carbonyl (C=O) groups is 1. The topological polar surface area (TPSA) is 51.5 Å². The lowest BCUT2D eigenvalue weighted by atomic mass is 10.2. The molecule has 0 aliphatic heterocycles. The van der Waals surface area contributed by atoms with Crippen LogP contribution in [0, 0.1) is 0 Å². The van der Waals surface area contributed by atoms with Crippen molar-refractivity contribution < 1.29 is 14.6 Å². The molecule has 2 rings (SSSR count). The largest absolute Gasteiger partial charge is 0.507 e. The molecule has 0 bridgehead atoms. The molecular weight excluding hydrogens is 286 g/mol. The van der Waals surface area contributed by atoms with Crippen LogP contribution in [0.25, 0.3) is 0 Å². The van der Waals surface area contributed by atoms with Crippen molar-refractivity contribution in [2.75, 3.05) is 7.11 Å². The molecule has 2 aromatic rings. The maximum atomic E-state index is 12.1. The summed E-state index contributed by atoms with van der Waals surface area (Å²) in [6.07, 6.45) is 1.62. The maximum Gasteiger partial charge on any atom is 0.266 e. The zero-order valence-corrected chi connectivity index (χ0v) is 10.6. The van der Waals surface area contributed by atoms with Gasteiger partial charge in [-0.05, 0) is 40.2 Å². The molecule has 0 amide bonds. The number of carbonyl (C=O) groups excluding carboxylic acids is 1. The summed E-state index contributed by atoms with van der Waals surface area (Å²) >= 11 is 3.25. The minimum Gasteiger partial charge on any atom is -0.507 e. The number of halogens is 1. The summed E-state index contributed by atoms with van der Waals surface area (Å²) in [5, 5.41) is 9.75. The van der Waals surface area contributed by atoms with E-state index in [0.717, 1.165) is 0 Å². The number of benzene rings is 1. The van der Waals surface area contributed by atoms with Crippen LogP contribution < -0.4 is 4.74 Å². The van der Waals surface area contributed by atoms with Crippen molar-refractivity contribution >= 4 is 21.8 Å². The summed E-state index contributed by atoms with van der Waals surface area (Å²) in [5.41, 5.74) is 0.225. The predicted octanol–water partition coefficient (Wildman–Crippen LogP) is 2.65. The van der Waals surface area contributed by atoms with Gasteiger partial charge in [-0.25, -0.2) is 0 Å². The summed E-state index contributed by atoms with van der Waals surface area (Å²) in [7, 11) is 1.50. The molecule has 1 aromatic heterocycles. The molecule has 0 atom stereocenters. The van der Waals surface area contributed by atoms with Crippen molar-refractivity contribution in [3.63, 3.8) is 0 Å². The van der Waals surface area contributed by atoms with Crippen molar-refractivity contribution in [3.05, 3.63) is 46.7 Å². The highest BCUT2D eigenvalue weighted by Gasteiger charge is 2.15. The van der Waals surface area contributed by atoms with Crippen molar-refractivity contribution in [1.29, 1.82) is 0 Å². The highest BCUT2D eigenvalue weighted by molar-refractivity contribution is 9.10. The Morgan fingerprint density at radius 2 is 2.18 bits per heavy atom. The first kappa shape index (κ1) is 11.7. The molecule has 17 heavy (non-hydrogen) atoms. The average Bonchev–Trinajstić information content (AvgIpc) is 2.74. The van der Waals surface area contributed by atoms with Gasteiger partial charge in [-0.1, -0.05) is 0 Å². The SMILES string of the molecule is COc1ccc(C(=O)n2cccc2Br)c(O)c1. The van der Waals surface area contributed by atoms with Crippen LogP contribution in [0.2, 0.25) is 0 Å². The van der Waals surface area contributed by atoms with E-state index >= 15 is 0 Å². The number of phenolic OH excluding ortho intramolecular Hbond substituents is 1. The minimum absolute atomic E-state index is 0.102. The number of rotatable bonds is 2. The number of aromatic hydroxyl groups is 1. The van der Waals surface area contributed by atoms with Crippen LogP contribution in [0.3, 0.4) is 0 Å². The fourth-order valence-electron chi connectivity index (χ4n) is 1.47. The van der Waals surface area contributed by atoms with Crippen molar-refractivity contribution in [1.82, 2.24) is 4.57 Å². The zero-order valence-electron chi connectivity index (χ0n) is 9.05. The zero-order chi connectivity index (χ0) is 12.4. The lowest BCUT2D eigenvalue weighted by Crippen LogP contribution is -2.11. The van der Waals surface area contributed by atoms with Gasteiger partial charge >= 0.3 is 0 Å². The van der Waals surface area contributed by atoms with Gasteiger partial charge in [0.1, 0.15) is 11.5 Å². The number of aromatic nitrogens is 1. The van der Waals surface area contributed by atoms with Crippen LogP contribution >= 0.6 is 15.9 Å². The summed E-state index contributed by atoms with van der Waals surface area (Å²) < 4.78 is 7.00. The van der Waals surface area contributed by atoms with E-state index in [1.165, 1.54) is 23.8 Å². The van der Waals surface area contributed by atoms with Gasteiger partial charge in [-0.2, -0.15) is 0 Å². The van der Waals surface area contributed by atoms with E-state index in [-0.39, 0.29) is 17.2 Å². The predicted molar refractivity (Wildman–Crippen MR) is 66.5 cm³/mol. The van der Waals surface area contributed by atoms with Gasteiger partial charge < -0.3 is 9.84 Å². The molecule has 5 heteroatoms. The molecule has 0 aliphatic carbocycles. The van der Waals surface area contributed by atoms with Crippen LogP contribution in [-0.4, -0.2) is 22.7 Å². The molecule has 4 nitrogen and oxygen atoms in total. The summed E-state index contributed by atoms with van der Waals surface area (Å²) in [6.45, 7) is 0. The molecule has 88 valence electrons. The standard InChI is InChI=1S/C12H10BrNO3/c1-17-8-4-5-9(10(15)7-8)12(16)14-6-2-3-11(14)13/h2-7,15H,1H3. The molecule has 0 spiro atoms. The molecule has 0 saturated heterocycles. The Labute approximate surface area is 107 Å². The van der Waals surface area contributed by atoms with Gasteiger partial charge in [0.2, 0.25) is 0 Å². The Hall–Kier alpha value is -1.75. The van der Waals surface area contributed by atoms with Crippen LogP contribution in [0.1, 0.15) is 10.4 Å². The highest BCUT2D eigenvalue weighted by atomic mass is 79.9. The van der Waals surface area contributed by atoms with Crippen LogP contribution in [0.4, 0.5) is 0 Å². The van der Waals surface area contributed by atoms with Crippen molar-refractivity contribution in [3.8, 4) is 11.5 Å². The van der Waals surface area contributed by atoms with Crippen LogP contribution in [-0.2, 0) is 0 Å². The van der Waals surface area contributed by atoms with E-state index in [9.17, 15) is 9.90 Å². The molecule has 0 unspecified atom stereocenters. The van der Waals surface area contributed by atoms with Crippen LogP contribution in [0.15, 0.2) is 41.1 Å². The quantitative estimate of drug-likeness (QED) is 0.927. The van der Waals surface area contributed by atoms with Gasteiger partial charge in [0.05, 0.1) is 17.3 Å². The second-order valence-electron chi connectivity index (χ2n) is 3.39. The summed E-state index contributed by atoms with van der Waals surface area (Å²) in [5.74, 6) is 0.0996. The number of methoxy groups -OCH3 is 1. The highest BCUT2D eigenvalue weighted by Crippen LogP contribution is 2.25. The summed E-state index contributed by atoms with van der Waals surface area (Å²) in [4.78, 5) is 12.1. The van der Waals surface area contributed by atoms with Gasteiger partial charge in [0.15, 0.2) is 0 Å². The number of hydrogen-bond acceptors (Lipinski definition) is 3. The van der Waals surface area contributed by atoms with E-state index in [1.807, 2.05) is 0 Å². The third-order valence-electron chi connectivity index (χ3n) is 2.35. The summed E-state index contributed by atoms with van der Waals surface area (Å²) in [6, 6.07) is 8.05. The third-order valence-corrected chi connectivity index (χ3v) is 3.00. The van der Waals surface area contributed by atoms with E-state index < -0.39 is 0 Å². The van der Waals surface area contributed by atoms with E-state index in [4.69, 9.17) is 4.74 Å². The van der Waals surface area contributed by atoms with Crippen LogP contribution in [0.5, 0.6) is 11.5 Å². The molecule has 0 aliphatic rings. The Bertz CT molecular complexity index is 563. The minimum atomic E-state index is -0.304. The molecule has 0 saturated carbocycles. The average molecular weight is 296 g/mol.